The number of imidazole rings is 1. The number of rotatable bonds is 3. The molecule has 17 heavy (non-hydrogen) atoms. The van der Waals surface area contributed by atoms with Gasteiger partial charge in [0.25, 0.3) is 0 Å². The maximum atomic E-state index is 13.0. The highest BCUT2D eigenvalue weighted by Gasteiger charge is 2.08. The van der Waals surface area contributed by atoms with Crippen LogP contribution in [0.15, 0.2) is 30.6 Å². The first-order chi connectivity index (χ1) is 8.16. The molecule has 0 aliphatic heterocycles. The predicted molar refractivity (Wildman–Crippen MR) is 57.2 cm³/mol. The number of carbonyl (C=O) groups excluding carboxylic acids is 1. The fourth-order valence-electron chi connectivity index (χ4n) is 1.34. The first-order valence-electron chi connectivity index (χ1n) is 4.94. The van der Waals surface area contributed by atoms with Crippen molar-refractivity contribution in [2.24, 2.45) is 0 Å². The van der Waals surface area contributed by atoms with E-state index in [0.29, 0.717) is 11.5 Å². The van der Waals surface area contributed by atoms with Gasteiger partial charge in [-0.1, -0.05) is 6.07 Å². The minimum absolute atomic E-state index is 0.0306. The number of halogens is 1. The molecule has 0 fully saturated rings. The average molecular weight is 235 g/mol. The normalized spacial score (nSPS) is 10.2. The van der Waals surface area contributed by atoms with Crippen molar-refractivity contribution in [2.75, 3.05) is 0 Å². The quantitative estimate of drug-likeness (QED) is 0.599. The average Bonchev–Trinajstić information content (AvgIpc) is 2.74. The van der Waals surface area contributed by atoms with Crippen molar-refractivity contribution >= 4 is 5.97 Å². The lowest BCUT2D eigenvalue weighted by Gasteiger charge is -2.06. The standard InChI is InChI=1S/C11H10FN3O2/c1-8(16)17-7-15-6-5-13-11(15)9-3-2-4-10(12)14-9/h2-6H,7H2,1H3. The van der Waals surface area contributed by atoms with E-state index in [1.165, 1.54) is 19.2 Å². The fraction of sp³-hybridized carbons (Fsp3) is 0.182. The van der Waals surface area contributed by atoms with Crippen molar-refractivity contribution in [1.82, 2.24) is 14.5 Å². The number of nitrogens with zero attached hydrogens (tertiary/aromatic N) is 3. The van der Waals surface area contributed by atoms with E-state index in [4.69, 9.17) is 4.74 Å². The van der Waals surface area contributed by atoms with Gasteiger partial charge in [-0.15, -0.1) is 0 Å². The highest BCUT2D eigenvalue weighted by molar-refractivity contribution is 5.65. The molecule has 5 nitrogen and oxygen atoms in total. The monoisotopic (exact) mass is 235 g/mol. The maximum Gasteiger partial charge on any atom is 0.304 e. The molecule has 2 rings (SSSR count). The summed E-state index contributed by atoms with van der Waals surface area (Å²) in [6.45, 7) is 1.35. The second-order valence-electron chi connectivity index (χ2n) is 3.33. The summed E-state index contributed by atoms with van der Waals surface area (Å²) < 4.78 is 19.4. The van der Waals surface area contributed by atoms with Gasteiger partial charge in [0.15, 0.2) is 12.6 Å². The van der Waals surface area contributed by atoms with Crippen LogP contribution < -0.4 is 0 Å². The summed E-state index contributed by atoms with van der Waals surface area (Å²) in [6, 6.07) is 4.43. The smallest absolute Gasteiger partial charge is 0.304 e. The van der Waals surface area contributed by atoms with Crippen molar-refractivity contribution in [3.63, 3.8) is 0 Å². The molecule has 88 valence electrons. The van der Waals surface area contributed by atoms with Gasteiger partial charge in [0.1, 0.15) is 5.69 Å². The van der Waals surface area contributed by atoms with Gasteiger partial charge in [0.2, 0.25) is 5.95 Å². The molecule has 0 saturated carbocycles. The Hall–Kier alpha value is -2.24. The third kappa shape index (κ3) is 2.66. The van der Waals surface area contributed by atoms with Crippen LogP contribution in [0.25, 0.3) is 11.5 Å². The van der Waals surface area contributed by atoms with E-state index in [1.807, 2.05) is 0 Å². The highest BCUT2D eigenvalue weighted by Crippen LogP contribution is 2.14. The minimum atomic E-state index is -0.579. The molecule has 0 N–H and O–H groups in total. The Bertz CT molecular complexity index is 539. The van der Waals surface area contributed by atoms with Gasteiger partial charge in [0.05, 0.1) is 0 Å². The van der Waals surface area contributed by atoms with E-state index in [9.17, 15) is 9.18 Å². The van der Waals surface area contributed by atoms with E-state index >= 15 is 0 Å². The predicted octanol–water partition coefficient (Wildman–Crippen LogP) is 1.60. The van der Waals surface area contributed by atoms with Gasteiger partial charge in [-0.25, -0.2) is 9.97 Å². The van der Waals surface area contributed by atoms with Gasteiger partial charge in [-0.3, -0.25) is 9.36 Å². The fourth-order valence-corrected chi connectivity index (χ4v) is 1.34. The third-order valence-electron chi connectivity index (χ3n) is 2.07. The van der Waals surface area contributed by atoms with Crippen LogP contribution in [0.4, 0.5) is 4.39 Å². The Morgan fingerprint density at radius 1 is 1.53 bits per heavy atom. The minimum Gasteiger partial charge on any atom is -0.444 e. The van der Waals surface area contributed by atoms with Crippen molar-refractivity contribution < 1.29 is 13.9 Å². The molecule has 0 atom stereocenters. The Kier molecular flexibility index (Phi) is 3.13. The van der Waals surface area contributed by atoms with Crippen LogP contribution in [0.3, 0.4) is 0 Å². The number of pyridine rings is 1. The van der Waals surface area contributed by atoms with E-state index in [0.717, 1.165) is 0 Å². The molecule has 2 aromatic rings. The Balaban J connectivity index is 2.27. The molecule has 0 aliphatic rings. The van der Waals surface area contributed by atoms with Crippen LogP contribution in [-0.4, -0.2) is 20.5 Å². The summed E-state index contributed by atoms with van der Waals surface area (Å²) in [5.41, 5.74) is 0.391. The number of aromatic nitrogens is 3. The molecular formula is C11H10FN3O2. The van der Waals surface area contributed by atoms with Gasteiger partial charge in [-0.05, 0) is 12.1 Å². The van der Waals surface area contributed by atoms with Gasteiger partial charge in [-0.2, -0.15) is 4.39 Å². The van der Waals surface area contributed by atoms with E-state index in [-0.39, 0.29) is 6.73 Å². The lowest BCUT2D eigenvalue weighted by atomic mass is 10.3. The molecule has 2 aromatic heterocycles. The summed E-state index contributed by atoms with van der Waals surface area (Å²) in [7, 11) is 0. The van der Waals surface area contributed by atoms with Crippen molar-refractivity contribution in [3.05, 3.63) is 36.5 Å². The van der Waals surface area contributed by atoms with Crippen LogP contribution in [0, 0.1) is 5.95 Å². The van der Waals surface area contributed by atoms with E-state index < -0.39 is 11.9 Å². The molecule has 0 unspecified atom stereocenters. The lowest BCUT2D eigenvalue weighted by molar-refractivity contribution is -0.144. The number of ether oxygens (including phenoxy) is 1. The lowest BCUT2D eigenvalue weighted by Crippen LogP contribution is -2.07. The second kappa shape index (κ2) is 4.73. The van der Waals surface area contributed by atoms with Crippen LogP contribution >= 0.6 is 0 Å². The Morgan fingerprint density at radius 2 is 2.35 bits per heavy atom. The first-order valence-corrected chi connectivity index (χ1v) is 4.94. The zero-order valence-corrected chi connectivity index (χ0v) is 9.13. The second-order valence-corrected chi connectivity index (χ2v) is 3.33. The molecular weight excluding hydrogens is 225 g/mol. The van der Waals surface area contributed by atoms with Crippen LogP contribution in [0.1, 0.15) is 6.92 Å². The van der Waals surface area contributed by atoms with E-state index in [1.54, 1.807) is 22.9 Å². The van der Waals surface area contributed by atoms with Gasteiger partial charge < -0.3 is 4.74 Å². The zero-order chi connectivity index (χ0) is 12.3. The molecule has 6 heteroatoms. The van der Waals surface area contributed by atoms with E-state index in [2.05, 4.69) is 9.97 Å². The number of carbonyl (C=O) groups is 1. The van der Waals surface area contributed by atoms with Crippen molar-refractivity contribution in [2.45, 2.75) is 13.7 Å². The van der Waals surface area contributed by atoms with Gasteiger partial charge in [0, 0.05) is 19.3 Å². The maximum absolute atomic E-state index is 13.0. The molecule has 0 aromatic carbocycles. The van der Waals surface area contributed by atoms with Crippen LogP contribution in [0.2, 0.25) is 0 Å². The largest absolute Gasteiger partial charge is 0.444 e. The molecule has 0 saturated heterocycles. The van der Waals surface area contributed by atoms with Gasteiger partial charge >= 0.3 is 5.97 Å². The van der Waals surface area contributed by atoms with Crippen molar-refractivity contribution in [3.8, 4) is 11.5 Å². The molecule has 0 spiro atoms. The third-order valence-corrected chi connectivity index (χ3v) is 2.07. The molecule has 0 radical (unpaired) electrons. The Labute approximate surface area is 96.9 Å². The van der Waals surface area contributed by atoms with Crippen LogP contribution in [0.5, 0.6) is 0 Å². The molecule has 0 aliphatic carbocycles. The zero-order valence-electron chi connectivity index (χ0n) is 9.13. The topological polar surface area (TPSA) is 57.0 Å². The number of hydrogen-bond donors (Lipinski definition) is 0. The molecule has 0 bridgehead atoms. The first kappa shape index (κ1) is 11.3. The Morgan fingerprint density at radius 3 is 3.06 bits per heavy atom. The summed E-state index contributed by atoms with van der Waals surface area (Å²) in [5, 5.41) is 0. The number of hydrogen-bond acceptors (Lipinski definition) is 4. The summed E-state index contributed by atoms with van der Waals surface area (Å²) in [6.07, 6.45) is 3.16. The summed E-state index contributed by atoms with van der Waals surface area (Å²) in [4.78, 5) is 18.5. The number of esters is 1. The SMILES string of the molecule is CC(=O)OCn1ccnc1-c1cccc(F)n1. The van der Waals surface area contributed by atoms with Crippen molar-refractivity contribution in [1.29, 1.82) is 0 Å². The van der Waals surface area contributed by atoms with Crippen LogP contribution in [-0.2, 0) is 16.3 Å². The molecule has 0 amide bonds. The highest BCUT2D eigenvalue weighted by atomic mass is 19.1. The summed E-state index contributed by atoms with van der Waals surface area (Å²) >= 11 is 0. The molecule has 2 heterocycles. The summed E-state index contributed by atoms with van der Waals surface area (Å²) in [5.74, 6) is -0.521.